The van der Waals surface area contributed by atoms with Crippen LogP contribution in [0.2, 0.25) is 0 Å². The molecule has 0 spiro atoms. The first-order valence-corrected chi connectivity index (χ1v) is 7.35. The molecule has 3 heteroatoms. The van der Waals surface area contributed by atoms with Crippen molar-refractivity contribution in [2.75, 3.05) is 7.05 Å². The van der Waals surface area contributed by atoms with Gasteiger partial charge >= 0.3 is 0 Å². The zero-order valence-corrected chi connectivity index (χ0v) is 12.7. The van der Waals surface area contributed by atoms with E-state index in [1.165, 1.54) is 23.8 Å². The van der Waals surface area contributed by atoms with Crippen LogP contribution in [0.5, 0.6) is 0 Å². The summed E-state index contributed by atoms with van der Waals surface area (Å²) in [7, 11) is 1.73. The first-order valence-electron chi connectivity index (χ1n) is 7.35. The second-order valence-corrected chi connectivity index (χ2v) is 5.10. The lowest BCUT2D eigenvalue weighted by atomic mass is 9.90. The van der Waals surface area contributed by atoms with Crippen LogP contribution >= 0.6 is 0 Å². The van der Waals surface area contributed by atoms with Gasteiger partial charge in [0.15, 0.2) is 0 Å². The number of rotatable bonds is 5. The van der Waals surface area contributed by atoms with Gasteiger partial charge in [0, 0.05) is 5.56 Å². The van der Waals surface area contributed by atoms with Crippen LogP contribution in [-0.4, -0.2) is 7.05 Å². The number of aryl methyl sites for hydroxylation is 2. The molecule has 0 fully saturated rings. The molecule has 112 valence electrons. The Balaban J connectivity index is 2.61. The summed E-state index contributed by atoms with van der Waals surface area (Å²) in [4.78, 5) is 0. The summed E-state index contributed by atoms with van der Waals surface area (Å²) in [6, 6.07) is 9.70. The van der Waals surface area contributed by atoms with Crippen molar-refractivity contribution < 1.29 is 8.78 Å². The Hall–Kier alpha value is -1.74. The van der Waals surface area contributed by atoms with E-state index in [4.69, 9.17) is 0 Å². The van der Waals surface area contributed by atoms with Gasteiger partial charge in [0.1, 0.15) is 11.6 Å². The molecule has 0 saturated carbocycles. The summed E-state index contributed by atoms with van der Waals surface area (Å²) < 4.78 is 28.2. The molecule has 0 saturated heterocycles. The highest BCUT2D eigenvalue weighted by molar-refractivity contribution is 5.41. The Morgan fingerprint density at radius 3 is 2.19 bits per heavy atom. The maximum absolute atomic E-state index is 14.1. The Labute approximate surface area is 125 Å². The lowest BCUT2D eigenvalue weighted by Crippen LogP contribution is -2.22. The van der Waals surface area contributed by atoms with E-state index < -0.39 is 17.7 Å². The lowest BCUT2D eigenvalue weighted by Gasteiger charge is -2.22. The Morgan fingerprint density at radius 2 is 1.67 bits per heavy atom. The molecule has 0 heterocycles. The number of hydrogen-bond acceptors (Lipinski definition) is 1. The standard InChI is InChI=1S/C18H21F2N/c1-4-12-9-10-13(5-2)14(11-12)18(21-3)17-15(19)7-6-8-16(17)20/h6-11,18,21H,4-5H2,1-3H3. The molecule has 0 aliphatic carbocycles. The highest BCUT2D eigenvalue weighted by Gasteiger charge is 2.22. The molecular formula is C18H21F2N. The minimum Gasteiger partial charge on any atom is -0.309 e. The lowest BCUT2D eigenvalue weighted by molar-refractivity contribution is 0.520. The number of hydrogen-bond donors (Lipinski definition) is 1. The number of halogens is 2. The van der Waals surface area contributed by atoms with Gasteiger partial charge in [0.25, 0.3) is 0 Å². The fraction of sp³-hybridized carbons (Fsp3) is 0.333. The van der Waals surface area contributed by atoms with Gasteiger partial charge in [-0.15, -0.1) is 0 Å². The molecule has 0 bridgehead atoms. The average Bonchev–Trinajstić information content (AvgIpc) is 2.50. The van der Waals surface area contributed by atoms with Crippen molar-refractivity contribution >= 4 is 0 Å². The zero-order chi connectivity index (χ0) is 15.4. The molecule has 0 aliphatic heterocycles. The molecule has 0 amide bonds. The van der Waals surface area contributed by atoms with Gasteiger partial charge in [0.05, 0.1) is 6.04 Å². The Morgan fingerprint density at radius 1 is 1.00 bits per heavy atom. The van der Waals surface area contributed by atoms with E-state index >= 15 is 0 Å². The minimum absolute atomic E-state index is 0.0861. The molecule has 0 aliphatic rings. The van der Waals surface area contributed by atoms with Crippen LogP contribution in [0.1, 0.15) is 42.1 Å². The van der Waals surface area contributed by atoms with E-state index in [1.807, 2.05) is 6.07 Å². The molecule has 0 aromatic heterocycles. The predicted octanol–water partition coefficient (Wildman–Crippen LogP) is 4.40. The topological polar surface area (TPSA) is 12.0 Å². The van der Waals surface area contributed by atoms with Gasteiger partial charge in [-0.1, -0.05) is 38.1 Å². The fourth-order valence-electron chi connectivity index (χ4n) is 2.70. The van der Waals surface area contributed by atoms with Gasteiger partial charge in [-0.05, 0) is 48.7 Å². The molecular weight excluding hydrogens is 268 g/mol. The average molecular weight is 289 g/mol. The molecule has 1 atom stereocenters. The van der Waals surface area contributed by atoms with Gasteiger partial charge in [0.2, 0.25) is 0 Å². The molecule has 2 rings (SSSR count). The maximum atomic E-state index is 14.1. The largest absolute Gasteiger partial charge is 0.309 e. The first kappa shape index (κ1) is 15.6. The summed E-state index contributed by atoms with van der Waals surface area (Å²) in [5.41, 5.74) is 3.31. The SMILES string of the molecule is CCc1ccc(CC)c(C(NC)c2c(F)cccc2F)c1. The monoisotopic (exact) mass is 289 g/mol. The molecule has 1 nitrogen and oxygen atoms in total. The summed E-state index contributed by atoms with van der Waals surface area (Å²) in [6.45, 7) is 4.12. The molecule has 1 N–H and O–H groups in total. The van der Waals surface area contributed by atoms with E-state index in [0.29, 0.717) is 0 Å². The van der Waals surface area contributed by atoms with Gasteiger partial charge in [-0.25, -0.2) is 8.78 Å². The summed E-state index contributed by atoms with van der Waals surface area (Å²) in [5.74, 6) is -1.03. The summed E-state index contributed by atoms with van der Waals surface area (Å²) >= 11 is 0. The Bertz CT molecular complexity index is 602. The van der Waals surface area contributed by atoms with Crippen molar-refractivity contribution in [2.45, 2.75) is 32.7 Å². The number of nitrogens with one attached hydrogen (secondary N) is 1. The van der Waals surface area contributed by atoms with Crippen LogP contribution in [-0.2, 0) is 12.8 Å². The summed E-state index contributed by atoms with van der Waals surface area (Å²) in [5, 5.41) is 3.06. The van der Waals surface area contributed by atoms with Gasteiger partial charge < -0.3 is 5.32 Å². The van der Waals surface area contributed by atoms with Crippen LogP contribution in [0.15, 0.2) is 36.4 Å². The van der Waals surface area contributed by atoms with Crippen molar-refractivity contribution in [3.05, 3.63) is 70.3 Å². The normalized spacial score (nSPS) is 12.4. The van der Waals surface area contributed by atoms with Crippen molar-refractivity contribution in [1.29, 1.82) is 0 Å². The third-order valence-electron chi connectivity index (χ3n) is 3.89. The highest BCUT2D eigenvalue weighted by Crippen LogP contribution is 2.30. The van der Waals surface area contributed by atoms with Crippen molar-refractivity contribution in [2.24, 2.45) is 0 Å². The molecule has 2 aromatic rings. The van der Waals surface area contributed by atoms with E-state index in [2.05, 4.69) is 31.3 Å². The van der Waals surface area contributed by atoms with Crippen LogP contribution < -0.4 is 5.32 Å². The third-order valence-corrected chi connectivity index (χ3v) is 3.89. The minimum atomic E-state index is -0.515. The quantitative estimate of drug-likeness (QED) is 0.860. The van der Waals surface area contributed by atoms with Crippen molar-refractivity contribution in [3.63, 3.8) is 0 Å². The molecule has 2 aromatic carbocycles. The van der Waals surface area contributed by atoms with Crippen LogP contribution in [0, 0.1) is 11.6 Å². The fourth-order valence-corrected chi connectivity index (χ4v) is 2.70. The van der Waals surface area contributed by atoms with E-state index in [-0.39, 0.29) is 5.56 Å². The molecule has 1 unspecified atom stereocenters. The summed E-state index contributed by atoms with van der Waals surface area (Å²) in [6.07, 6.45) is 1.72. The second-order valence-electron chi connectivity index (χ2n) is 5.10. The van der Waals surface area contributed by atoms with Gasteiger partial charge in [-0.2, -0.15) is 0 Å². The number of benzene rings is 2. The van der Waals surface area contributed by atoms with E-state index in [0.717, 1.165) is 24.0 Å². The van der Waals surface area contributed by atoms with E-state index in [9.17, 15) is 8.78 Å². The Kier molecular flexibility index (Phi) is 5.07. The smallest absolute Gasteiger partial charge is 0.131 e. The first-order chi connectivity index (χ1) is 10.1. The molecule has 21 heavy (non-hydrogen) atoms. The predicted molar refractivity (Wildman–Crippen MR) is 82.5 cm³/mol. The third kappa shape index (κ3) is 3.13. The van der Waals surface area contributed by atoms with Crippen LogP contribution in [0.4, 0.5) is 8.78 Å². The zero-order valence-electron chi connectivity index (χ0n) is 12.7. The van der Waals surface area contributed by atoms with Crippen molar-refractivity contribution in [1.82, 2.24) is 5.32 Å². The van der Waals surface area contributed by atoms with Crippen LogP contribution in [0.3, 0.4) is 0 Å². The van der Waals surface area contributed by atoms with Crippen molar-refractivity contribution in [3.8, 4) is 0 Å². The van der Waals surface area contributed by atoms with Gasteiger partial charge in [-0.3, -0.25) is 0 Å². The molecule has 0 radical (unpaired) electrons. The van der Waals surface area contributed by atoms with Crippen LogP contribution in [0.25, 0.3) is 0 Å². The van der Waals surface area contributed by atoms with E-state index in [1.54, 1.807) is 7.05 Å². The maximum Gasteiger partial charge on any atom is 0.131 e. The highest BCUT2D eigenvalue weighted by atomic mass is 19.1. The second kappa shape index (κ2) is 6.81.